The monoisotopic (exact) mass is 752 g/mol. The normalized spacial score (nSPS) is 12.5. The van der Waals surface area contributed by atoms with E-state index < -0.39 is 0 Å². The highest BCUT2D eigenvalue weighted by molar-refractivity contribution is 5.85. The number of fused-ring (bicyclic) bond motifs is 3. The lowest BCUT2D eigenvalue weighted by atomic mass is 10.1. The summed E-state index contributed by atoms with van der Waals surface area (Å²) in [6.07, 6.45) is 8.26. The third-order valence-electron chi connectivity index (χ3n) is 6.55. The summed E-state index contributed by atoms with van der Waals surface area (Å²) in [6, 6.07) is 40.2. The topological polar surface area (TPSA) is 21.6 Å². The Kier molecular flexibility index (Phi) is 49.7. The van der Waals surface area contributed by atoms with Crippen LogP contribution in [0.4, 0.5) is 0 Å². The summed E-state index contributed by atoms with van der Waals surface area (Å²) in [4.78, 5) is 4.27. The lowest BCUT2D eigenvalue weighted by molar-refractivity contribution is 0.252. The van der Waals surface area contributed by atoms with Crippen molar-refractivity contribution in [1.29, 1.82) is 0 Å². The molecule has 0 amide bonds. The van der Waals surface area contributed by atoms with Crippen LogP contribution in [0.25, 0.3) is 21.5 Å². The van der Waals surface area contributed by atoms with Crippen LogP contribution >= 0.6 is 0 Å². The Morgan fingerprint density at radius 2 is 0.855 bits per heavy atom. The maximum absolute atomic E-state index is 5.38. The third-order valence-corrected chi connectivity index (χ3v) is 6.55. The molecule has 0 bridgehead atoms. The van der Waals surface area contributed by atoms with Crippen molar-refractivity contribution in [3.8, 4) is 0 Å². The van der Waals surface area contributed by atoms with Crippen LogP contribution in [0, 0.1) is 20.8 Å². The average Bonchev–Trinajstić information content (AvgIpc) is 3.68. The molecule has 55 heavy (non-hydrogen) atoms. The Morgan fingerprint density at radius 1 is 0.400 bits per heavy atom. The predicted octanol–water partition coefficient (Wildman–Crippen LogP) is 17.8. The SMILES string of the molecule is CC.CC.CC.CC.CC.CC.CC.CC.CC1=NC2C=CC=CC2O1.Cc1ccc2ccccc2c1.Cc1cccc2ccccc12.Cc1ccccc1. The van der Waals surface area contributed by atoms with Gasteiger partial charge in [0.25, 0.3) is 0 Å². The number of aryl methyl sites for hydroxylation is 3. The van der Waals surface area contributed by atoms with E-state index in [-0.39, 0.29) is 12.1 Å². The molecule has 0 radical (unpaired) electrons. The van der Waals surface area contributed by atoms with Crippen molar-refractivity contribution in [2.24, 2.45) is 4.99 Å². The average molecular weight is 752 g/mol. The molecule has 1 aliphatic heterocycles. The fourth-order valence-electron chi connectivity index (χ4n) is 4.47. The van der Waals surface area contributed by atoms with Gasteiger partial charge in [-0.05, 0) is 54.0 Å². The molecule has 0 fully saturated rings. The highest BCUT2D eigenvalue weighted by Gasteiger charge is 2.25. The van der Waals surface area contributed by atoms with Crippen LogP contribution in [0.1, 0.15) is 134 Å². The molecule has 1 aliphatic carbocycles. The number of aliphatic imine (C=N–C) groups is 1. The van der Waals surface area contributed by atoms with Gasteiger partial charge in [0.2, 0.25) is 0 Å². The van der Waals surface area contributed by atoms with Gasteiger partial charge < -0.3 is 4.74 Å². The van der Waals surface area contributed by atoms with Crippen molar-refractivity contribution < 1.29 is 4.74 Å². The highest BCUT2D eigenvalue weighted by Crippen LogP contribution is 2.19. The molecule has 0 N–H and O–H groups in total. The minimum Gasteiger partial charge on any atom is -0.471 e. The summed E-state index contributed by atoms with van der Waals surface area (Å²) < 4.78 is 5.38. The van der Waals surface area contributed by atoms with Crippen LogP contribution in [0.5, 0.6) is 0 Å². The molecule has 308 valence electrons. The smallest absolute Gasteiger partial charge is 0.181 e. The molecule has 2 nitrogen and oxygen atoms in total. The highest BCUT2D eigenvalue weighted by atomic mass is 16.5. The zero-order chi connectivity index (χ0) is 43.5. The Bertz CT molecular complexity index is 1570. The fraction of sp³-hybridized carbons (Fsp3) is 0.415. The quantitative estimate of drug-likeness (QED) is 0.154. The van der Waals surface area contributed by atoms with Gasteiger partial charge in [-0.25, -0.2) is 4.99 Å². The van der Waals surface area contributed by atoms with E-state index in [4.69, 9.17) is 4.74 Å². The molecule has 5 aromatic carbocycles. The predicted molar refractivity (Wildman–Crippen MR) is 259 cm³/mol. The molecular formula is C53H85NO. The molecule has 0 aromatic heterocycles. The molecule has 2 aliphatic rings. The third kappa shape index (κ3) is 27.8. The maximum Gasteiger partial charge on any atom is 0.181 e. The fourth-order valence-corrected chi connectivity index (χ4v) is 4.47. The van der Waals surface area contributed by atoms with Gasteiger partial charge in [0.15, 0.2) is 5.90 Å². The molecule has 2 heteroatoms. The van der Waals surface area contributed by atoms with Crippen LogP contribution in [-0.4, -0.2) is 18.0 Å². The van der Waals surface area contributed by atoms with Crippen molar-refractivity contribution in [3.05, 3.63) is 156 Å². The Morgan fingerprint density at radius 3 is 1.35 bits per heavy atom. The summed E-state index contributed by atoms with van der Waals surface area (Å²) in [5.41, 5.74) is 3.99. The number of rotatable bonds is 0. The number of hydrogen-bond acceptors (Lipinski definition) is 2. The summed E-state index contributed by atoms with van der Waals surface area (Å²) in [5.74, 6) is 0.797. The summed E-state index contributed by atoms with van der Waals surface area (Å²) in [5, 5.41) is 5.33. The van der Waals surface area contributed by atoms with E-state index in [2.05, 4.69) is 129 Å². The summed E-state index contributed by atoms with van der Waals surface area (Å²) in [7, 11) is 0. The van der Waals surface area contributed by atoms with E-state index in [1.807, 2.05) is 154 Å². The first-order valence-electron chi connectivity index (χ1n) is 21.5. The van der Waals surface area contributed by atoms with Crippen molar-refractivity contribution in [1.82, 2.24) is 0 Å². The first-order chi connectivity index (χ1) is 27.0. The number of allylic oxidation sites excluding steroid dienone is 2. The van der Waals surface area contributed by atoms with Gasteiger partial charge in [0.1, 0.15) is 12.1 Å². The van der Waals surface area contributed by atoms with Crippen LogP contribution in [0.3, 0.4) is 0 Å². The van der Waals surface area contributed by atoms with Gasteiger partial charge in [-0.3, -0.25) is 0 Å². The number of benzene rings is 5. The minimum absolute atomic E-state index is 0.171. The van der Waals surface area contributed by atoms with Gasteiger partial charge in [-0.15, -0.1) is 0 Å². The second-order valence-electron chi connectivity index (χ2n) is 9.79. The molecule has 5 aromatic rings. The van der Waals surface area contributed by atoms with Gasteiger partial charge >= 0.3 is 0 Å². The van der Waals surface area contributed by atoms with E-state index in [0.29, 0.717) is 0 Å². The molecule has 2 atom stereocenters. The van der Waals surface area contributed by atoms with Crippen molar-refractivity contribution >= 4 is 27.4 Å². The molecule has 1 heterocycles. The van der Waals surface area contributed by atoms with Crippen molar-refractivity contribution in [2.45, 2.75) is 151 Å². The lowest BCUT2D eigenvalue weighted by Crippen LogP contribution is -2.19. The Hall–Kier alpha value is -4.43. The molecule has 0 saturated heterocycles. The van der Waals surface area contributed by atoms with E-state index in [0.717, 1.165) is 5.90 Å². The van der Waals surface area contributed by atoms with Crippen LogP contribution in [-0.2, 0) is 4.74 Å². The van der Waals surface area contributed by atoms with Gasteiger partial charge in [0, 0.05) is 6.92 Å². The summed E-state index contributed by atoms with van der Waals surface area (Å²) in [6.45, 7) is 40.2. The first-order valence-corrected chi connectivity index (χ1v) is 21.5. The van der Waals surface area contributed by atoms with E-state index >= 15 is 0 Å². The molecule has 0 saturated carbocycles. The van der Waals surface area contributed by atoms with E-state index in [1.54, 1.807) is 0 Å². The zero-order valence-corrected chi connectivity index (χ0v) is 39.3. The van der Waals surface area contributed by atoms with Gasteiger partial charge in [-0.1, -0.05) is 255 Å². The van der Waals surface area contributed by atoms with Crippen LogP contribution in [0.15, 0.2) is 145 Å². The summed E-state index contributed by atoms with van der Waals surface area (Å²) >= 11 is 0. The first kappa shape index (κ1) is 59.8. The number of ether oxygens (including phenoxy) is 1. The second kappa shape index (κ2) is 45.7. The van der Waals surface area contributed by atoms with Gasteiger partial charge in [-0.2, -0.15) is 0 Å². The van der Waals surface area contributed by atoms with E-state index in [9.17, 15) is 0 Å². The molecule has 2 unspecified atom stereocenters. The molecule has 7 rings (SSSR count). The molecule has 0 spiro atoms. The lowest BCUT2D eigenvalue weighted by Gasteiger charge is -2.11. The number of nitrogens with zero attached hydrogens (tertiary/aromatic N) is 1. The minimum atomic E-state index is 0.171. The largest absolute Gasteiger partial charge is 0.471 e. The Balaban J connectivity index is -0.000000181. The van der Waals surface area contributed by atoms with Crippen LogP contribution in [0.2, 0.25) is 0 Å². The van der Waals surface area contributed by atoms with Gasteiger partial charge in [0.05, 0.1) is 0 Å². The molecular weight excluding hydrogens is 667 g/mol. The van der Waals surface area contributed by atoms with Crippen LogP contribution < -0.4 is 0 Å². The number of hydrogen-bond donors (Lipinski definition) is 0. The standard InChI is InChI=1S/2C11H10.C8H9NO.C7H8.8C2H6/c1-9-5-4-7-10-6-2-3-8-11(9)10;1-9-6-7-10-4-2-3-5-11(10)8-9;1-6-9-7-4-2-3-5-8(7)10-6;1-7-5-3-2-4-6-7;8*1-2/h2*2-8H,1H3;2-5,7-8H,1H3;2-6H,1H3;8*1-2H3. The second-order valence-corrected chi connectivity index (χ2v) is 9.79. The van der Waals surface area contributed by atoms with E-state index in [1.165, 1.54) is 38.2 Å². The maximum atomic E-state index is 5.38. The zero-order valence-electron chi connectivity index (χ0n) is 39.3. The Labute approximate surface area is 342 Å². The van der Waals surface area contributed by atoms with Crippen molar-refractivity contribution in [3.63, 3.8) is 0 Å². The van der Waals surface area contributed by atoms with Crippen molar-refractivity contribution in [2.75, 3.05) is 0 Å².